The summed E-state index contributed by atoms with van der Waals surface area (Å²) >= 11 is 0. The van der Waals surface area contributed by atoms with E-state index in [1.165, 1.54) is 24.3 Å². The highest BCUT2D eigenvalue weighted by Crippen LogP contribution is 2.24. The van der Waals surface area contributed by atoms with Crippen molar-refractivity contribution < 1.29 is 26.3 Å². The van der Waals surface area contributed by atoms with E-state index in [-0.39, 0.29) is 10.6 Å². The summed E-state index contributed by atoms with van der Waals surface area (Å²) in [5, 5.41) is 0. The van der Waals surface area contributed by atoms with Gasteiger partial charge in [0.25, 0.3) is 10.0 Å². The van der Waals surface area contributed by atoms with Crippen LogP contribution in [0.25, 0.3) is 0 Å². The topological polar surface area (TPSA) is 55.4 Å². The van der Waals surface area contributed by atoms with Crippen molar-refractivity contribution >= 4 is 15.7 Å². The largest absolute Gasteiger partial charge is 0.432 e. The number of rotatable bonds is 5. The number of ether oxygens (including phenoxy) is 1. The third-order valence-corrected chi connectivity index (χ3v) is 3.85. The maximum atomic E-state index is 13.5. The highest BCUT2D eigenvalue weighted by Gasteiger charge is 2.15. The predicted octanol–water partition coefficient (Wildman–Crippen LogP) is 3.23. The molecule has 0 heterocycles. The van der Waals surface area contributed by atoms with Crippen molar-refractivity contribution in [1.82, 2.24) is 0 Å². The molecule has 0 aliphatic heterocycles. The Balaban J connectivity index is 2.23. The molecule has 0 amide bonds. The van der Waals surface area contributed by atoms with Gasteiger partial charge in [0, 0.05) is 6.07 Å². The first-order chi connectivity index (χ1) is 9.88. The standard InChI is InChI=1S/C13H10F3NO3S/c14-11-8-9(6-7-12(11)20-13(15)16)17-21(18,19)10-4-2-1-3-5-10/h1-8,13,17H. The number of sulfonamides is 1. The van der Waals surface area contributed by atoms with E-state index in [1.807, 2.05) is 0 Å². The molecule has 0 atom stereocenters. The average molecular weight is 317 g/mol. The lowest BCUT2D eigenvalue weighted by atomic mass is 10.3. The van der Waals surface area contributed by atoms with Crippen molar-refractivity contribution in [2.75, 3.05) is 4.72 Å². The van der Waals surface area contributed by atoms with Gasteiger partial charge in [-0.2, -0.15) is 8.78 Å². The normalized spacial score (nSPS) is 11.4. The van der Waals surface area contributed by atoms with Crippen LogP contribution < -0.4 is 9.46 Å². The molecule has 0 aliphatic carbocycles. The molecule has 0 aliphatic rings. The maximum absolute atomic E-state index is 13.5. The molecule has 8 heteroatoms. The molecule has 2 aromatic carbocycles. The number of hydrogen-bond donors (Lipinski definition) is 1. The molecule has 0 aromatic heterocycles. The van der Waals surface area contributed by atoms with Crippen molar-refractivity contribution in [3.63, 3.8) is 0 Å². The van der Waals surface area contributed by atoms with Gasteiger partial charge in [0.2, 0.25) is 0 Å². The Bertz CT molecular complexity index is 721. The third kappa shape index (κ3) is 3.88. The first kappa shape index (κ1) is 15.2. The first-order valence-corrected chi connectivity index (χ1v) is 7.19. The van der Waals surface area contributed by atoms with E-state index in [0.29, 0.717) is 0 Å². The van der Waals surface area contributed by atoms with Crippen LogP contribution in [0.15, 0.2) is 53.4 Å². The Morgan fingerprint density at radius 2 is 1.71 bits per heavy atom. The molecule has 4 nitrogen and oxygen atoms in total. The molecule has 21 heavy (non-hydrogen) atoms. The second-order valence-electron chi connectivity index (χ2n) is 3.94. The van der Waals surface area contributed by atoms with Gasteiger partial charge < -0.3 is 4.74 Å². The number of hydrogen-bond acceptors (Lipinski definition) is 3. The fourth-order valence-corrected chi connectivity index (χ4v) is 2.64. The van der Waals surface area contributed by atoms with Crippen molar-refractivity contribution in [2.24, 2.45) is 0 Å². The van der Waals surface area contributed by atoms with Crippen LogP contribution in [-0.2, 0) is 10.0 Å². The number of alkyl halides is 2. The molecule has 0 unspecified atom stereocenters. The van der Waals surface area contributed by atoms with Gasteiger partial charge in [-0.25, -0.2) is 12.8 Å². The number of anilines is 1. The fraction of sp³-hybridized carbons (Fsp3) is 0.0769. The minimum Gasteiger partial charge on any atom is -0.432 e. The molecule has 0 spiro atoms. The second kappa shape index (κ2) is 6.04. The summed E-state index contributed by atoms with van der Waals surface area (Å²) in [5.74, 6) is -1.75. The van der Waals surface area contributed by atoms with E-state index in [0.717, 1.165) is 18.2 Å². The minimum absolute atomic E-state index is 0.00156. The van der Waals surface area contributed by atoms with Gasteiger partial charge in [0.05, 0.1) is 10.6 Å². The Morgan fingerprint density at radius 1 is 1.05 bits per heavy atom. The van der Waals surface area contributed by atoms with Crippen LogP contribution >= 0.6 is 0 Å². The zero-order valence-electron chi connectivity index (χ0n) is 10.5. The Labute approximate surface area is 119 Å². The summed E-state index contributed by atoms with van der Waals surface area (Å²) in [6.45, 7) is -3.16. The molecule has 2 aromatic rings. The van der Waals surface area contributed by atoms with Crippen molar-refractivity contribution in [1.29, 1.82) is 0 Å². The van der Waals surface area contributed by atoms with E-state index >= 15 is 0 Å². The Morgan fingerprint density at radius 3 is 2.29 bits per heavy atom. The highest BCUT2D eigenvalue weighted by molar-refractivity contribution is 7.92. The van der Waals surface area contributed by atoms with Crippen LogP contribution in [0.3, 0.4) is 0 Å². The van der Waals surface area contributed by atoms with Crippen molar-refractivity contribution in [3.05, 3.63) is 54.3 Å². The average Bonchev–Trinajstić information content (AvgIpc) is 2.42. The molecule has 0 saturated carbocycles. The van der Waals surface area contributed by atoms with Gasteiger partial charge in [-0.1, -0.05) is 18.2 Å². The Hall–Kier alpha value is -2.22. The number of halogens is 3. The highest BCUT2D eigenvalue weighted by atomic mass is 32.2. The van der Waals surface area contributed by atoms with E-state index in [4.69, 9.17) is 0 Å². The lowest BCUT2D eigenvalue weighted by Gasteiger charge is -2.10. The van der Waals surface area contributed by atoms with Crippen LogP contribution in [0.5, 0.6) is 5.75 Å². The lowest BCUT2D eigenvalue weighted by Crippen LogP contribution is -2.13. The van der Waals surface area contributed by atoms with Gasteiger partial charge >= 0.3 is 6.61 Å². The first-order valence-electron chi connectivity index (χ1n) is 5.71. The van der Waals surface area contributed by atoms with Crippen LogP contribution in [-0.4, -0.2) is 15.0 Å². The SMILES string of the molecule is O=S(=O)(Nc1ccc(OC(F)F)c(F)c1)c1ccccc1. The van der Waals surface area contributed by atoms with E-state index in [1.54, 1.807) is 6.07 Å². The van der Waals surface area contributed by atoms with Crippen LogP contribution in [0, 0.1) is 5.82 Å². The van der Waals surface area contributed by atoms with Gasteiger partial charge in [0.15, 0.2) is 11.6 Å². The van der Waals surface area contributed by atoms with E-state index < -0.39 is 28.2 Å². The van der Waals surface area contributed by atoms with Gasteiger partial charge in [-0.05, 0) is 24.3 Å². The zero-order chi connectivity index (χ0) is 15.5. The second-order valence-corrected chi connectivity index (χ2v) is 5.62. The molecular formula is C13H10F3NO3S. The van der Waals surface area contributed by atoms with E-state index in [2.05, 4.69) is 9.46 Å². The summed E-state index contributed by atoms with van der Waals surface area (Å²) < 4.78 is 67.5. The van der Waals surface area contributed by atoms with Crippen LogP contribution in [0.2, 0.25) is 0 Å². The molecule has 0 saturated heterocycles. The molecule has 0 radical (unpaired) electrons. The summed E-state index contributed by atoms with van der Waals surface area (Å²) in [5.41, 5.74) is -0.0991. The molecule has 0 bridgehead atoms. The van der Waals surface area contributed by atoms with Crippen molar-refractivity contribution in [2.45, 2.75) is 11.5 Å². The minimum atomic E-state index is -3.87. The smallest absolute Gasteiger partial charge is 0.387 e. The summed E-state index contributed by atoms with van der Waals surface area (Å²) in [6, 6.07) is 10.3. The van der Waals surface area contributed by atoms with Crippen LogP contribution in [0.4, 0.5) is 18.9 Å². The monoisotopic (exact) mass is 317 g/mol. The fourth-order valence-electron chi connectivity index (χ4n) is 1.57. The summed E-state index contributed by atoms with van der Waals surface area (Å²) in [7, 11) is -3.87. The lowest BCUT2D eigenvalue weighted by molar-refractivity contribution is -0.0521. The maximum Gasteiger partial charge on any atom is 0.387 e. The molecular weight excluding hydrogens is 307 g/mol. The van der Waals surface area contributed by atoms with Crippen molar-refractivity contribution in [3.8, 4) is 5.75 Å². The van der Waals surface area contributed by atoms with Gasteiger partial charge in [-0.15, -0.1) is 0 Å². The number of nitrogens with one attached hydrogen (secondary N) is 1. The van der Waals surface area contributed by atoms with Crippen LogP contribution in [0.1, 0.15) is 0 Å². The quantitative estimate of drug-likeness (QED) is 0.921. The summed E-state index contributed by atoms with van der Waals surface area (Å²) in [6.07, 6.45) is 0. The van der Waals surface area contributed by atoms with Gasteiger partial charge in [-0.3, -0.25) is 4.72 Å². The molecule has 0 fully saturated rings. The molecule has 2 rings (SSSR count). The van der Waals surface area contributed by atoms with Gasteiger partial charge in [0.1, 0.15) is 0 Å². The number of benzene rings is 2. The Kier molecular flexibility index (Phi) is 4.37. The zero-order valence-corrected chi connectivity index (χ0v) is 11.3. The molecule has 112 valence electrons. The van der Waals surface area contributed by atoms with E-state index in [9.17, 15) is 21.6 Å². The predicted molar refractivity (Wildman–Crippen MR) is 70.3 cm³/mol. The molecule has 1 N–H and O–H groups in total. The summed E-state index contributed by atoms with van der Waals surface area (Å²) in [4.78, 5) is -0.00156. The third-order valence-electron chi connectivity index (χ3n) is 2.45.